The summed E-state index contributed by atoms with van der Waals surface area (Å²) >= 11 is 0. The molecular formula is C16H19BN2O2. The molecule has 0 atom stereocenters. The molecule has 0 radical (unpaired) electrons. The molecule has 0 saturated carbocycles. The van der Waals surface area contributed by atoms with Gasteiger partial charge >= 0.3 is 7.12 Å². The molecule has 3 rings (SSSR count). The molecular weight excluding hydrogens is 263 g/mol. The van der Waals surface area contributed by atoms with Gasteiger partial charge in [0.15, 0.2) is 0 Å². The number of aromatic nitrogens is 2. The number of rotatable bonds is 2. The average molecular weight is 282 g/mol. The Morgan fingerprint density at radius 1 is 0.905 bits per heavy atom. The van der Waals surface area contributed by atoms with Gasteiger partial charge in [-0.05, 0) is 45.9 Å². The summed E-state index contributed by atoms with van der Waals surface area (Å²) in [7, 11) is -0.367. The first-order chi connectivity index (χ1) is 9.89. The van der Waals surface area contributed by atoms with Crippen molar-refractivity contribution in [2.45, 2.75) is 38.9 Å². The molecule has 0 unspecified atom stereocenters. The Labute approximate surface area is 125 Å². The zero-order valence-corrected chi connectivity index (χ0v) is 12.8. The highest BCUT2D eigenvalue weighted by atomic mass is 16.7. The van der Waals surface area contributed by atoms with E-state index in [1.807, 2.05) is 58.2 Å². The lowest BCUT2D eigenvalue weighted by molar-refractivity contribution is 0.00578. The highest BCUT2D eigenvalue weighted by Crippen LogP contribution is 2.36. The van der Waals surface area contributed by atoms with E-state index in [0.717, 1.165) is 16.7 Å². The normalized spacial score (nSPS) is 19.7. The van der Waals surface area contributed by atoms with E-state index < -0.39 is 0 Å². The van der Waals surface area contributed by atoms with Gasteiger partial charge in [0.05, 0.1) is 16.9 Å². The Kier molecular flexibility index (Phi) is 3.34. The van der Waals surface area contributed by atoms with Crippen LogP contribution in [0, 0.1) is 0 Å². The van der Waals surface area contributed by atoms with Crippen molar-refractivity contribution in [1.82, 2.24) is 9.97 Å². The summed E-state index contributed by atoms with van der Waals surface area (Å²) in [6.07, 6.45) is 5.34. The maximum Gasteiger partial charge on any atom is 0.496 e. The molecule has 0 aliphatic carbocycles. The monoisotopic (exact) mass is 282 g/mol. The van der Waals surface area contributed by atoms with Crippen LogP contribution in [0.3, 0.4) is 0 Å². The minimum Gasteiger partial charge on any atom is -0.399 e. The Hall–Kier alpha value is -1.72. The Morgan fingerprint density at radius 3 is 2.05 bits per heavy atom. The second kappa shape index (κ2) is 4.93. The molecule has 2 aromatic heterocycles. The molecule has 2 aromatic rings. The third-order valence-corrected chi connectivity index (χ3v) is 4.29. The van der Waals surface area contributed by atoms with Crippen molar-refractivity contribution in [2.24, 2.45) is 0 Å². The van der Waals surface area contributed by atoms with E-state index in [2.05, 4.69) is 9.97 Å². The zero-order chi connectivity index (χ0) is 15.1. The second-order valence-electron chi connectivity index (χ2n) is 6.30. The second-order valence-corrected chi connectivity index (χ2v) is 6.30. The van der Waals surface area contributed by atoms with E-state index in [9.17, 15) is 0 Å². The van der Waals surface area contributed by atoms with Crippen LogP contribution in [0.25, 0.3) is 11.3 Å². The van der Waals surface area contributed by atoms with Gasteiger partial charge in [-0.3, -0.25) is 9.97 Å². The van der Waals surface area contributed by atoms with E-state index in [1.54, 1.807) is 12.4 Å². The molecule has 1 saturated heterocycles. The van der Waals surface area contributed by atoms with Crippen LogP contribution in [0.1, 0.15) is 27.7 Å². The summed E-state index contributed by atoms with van der Waals surface area (Å²) in [6.45, 7) is 8.19. The van der Waals surface area contributed by atoms with Crippen molar-refractivity contribution < 1.29 is 9.31 Å². The zero-order valence-electron chi connectivity index (χ0n) is 12.8. The molecule has 1 aliphatic heterocycles. The van der Waals surface area contributed by atoms with Gasteiger partial charge in [-0.25, -0.2) is 0 Å². The quantitative estimate of drug-likeness (QED) is 0.794. The topological polar surface area (TPSA) is 44.2 Å². The standard InChI is InChI=1S/C16H19BN2O2/c1-15(2)16(3,4)21-17(20-15)13-5-6-14(19-11-13)12-7-9-18-10-8-12/h5-11H,1-4H3. The van der Waals surface area contributed by atoms with Crippen molar-refractivity contribution in [2.75, 3.05) is 0 Å². The summed E-state index contributed by atoms with van der Waals surface area (Å²) in [6, 6.07) is 7.87. The van der Waals surface area contributed by atoms with E-state index in [4.69, 9.17) is 9.31 Å². The van der Waals surface area contributed by atoms with Crippen LogP contribution in [0.15, 0.2) is 42.9 Å². The summed E-state index contributed by atoms with van der Waals surface area (Å²) in [4.78, 5) is 8.52. The Balaban J connectivity index is 1.83. The lowest BCUT2D eigenvalue weighted by Gasteiger charge is -2.32. The first kappa shape index (κ1) is 14.2. The molecule has 0 amide bonds. The summed E-state index contributed by atoms with van der Waals surface area (Å²) in [5.41, 5.74) is 2.23. The SMILES string of the molecule is CC1(C)OB(c2ccc(-c3ccncc3)nc2)OC1(C)C. The number of pyridine rings is 2. The maximum atomic E-state index is 6.02. The number of hydrogen-bond donors (Lipinski definition) is 0. The summed E-state index contributed by atoms with van der Waals surface area (Å²) in [5, 5.41) is 0. The van der Waals surface area contributed by atoms with Crippen LogP contribution < -0.4 is 5.46 Å². The van der Waals surface area contributed by atoms with Gasteiger partial charge in [-0.1, -0.05) is 6.07 Å². The Bertz CT molecular complexity index is 610. The van der Waals surface area contributed by atoms with Gasteiger partial charge in [-0.15, -0.1) is 0 Å². The molecule has 1 aliphatic rings. The third-order valence-electron chi connectivity index (χ3n) is 4.29. The number of hydrogen-bond acceptors (Lipinski definition) is 4. The summed E-state index contributed by atoms with van der Waals surface area (Å²) in [5.74, 6) is 0. The van der Waals surface area contributed by atoms with Crippen molar-refractivity contribution in [3.05, 3.63) is 42.9 Å². The molecule has 1 fully saturated rings. The van der Waals surface area contributed by atoms with Crippen molar-refractivity contribution in [3.63, 3.8) is 0 Å². The summed E-state index contributed by atoms with van der Waals surface area (Å²) < 4.78 is 12.0. The molecule has 0 spiro atoms. The maximum absolute atomic E-state index is 6.02. The predicted octanol–water partition coefficient (Wildman–Crippen LogP) is 2.44. The van der Waals surface area contributed by atoms with Gasteiger partial charge in [-0.2, -0.15) is 0 Å². The molecule has 0 N–H and O–H groups in total. The fraction of sp³-hybridized carbons (Fsp3) is 0.375. The minimum absolute atomic E-state index is 0.332. The van der Waals surface area contributed by atoms with Crippen LogP contribution in [-0.2, 0) is 9.31 Å². The molecule has 3 heterocycles. The molecule has 0 aromatic carbocycles. The fourth-order valence-electron chi connectivity index (χ4n) is 2.22. The van der Waals surface area contributed by atoms with Crippen molar-refractivity contribution >= 4 is 12.6 Å². The van der Waals surface area contributed by atoms with Gasteiger partial charge in [0.25, 0.3) is 0 Å². The first-order valence-electron chi connectivity index (χ1n) is 7.11. The van der Waals surface area contributed by atoms with E-state index in [-0.39, 0.29) is 18.3 Å². The van der Waals surface area contributed by atoms with Crippen LogP contribution in [0.2, 0.25) is 0 Å². The van der Waals surface area contributed by atoms with Gasteiger partial charge in [0, 0.05) is 29.6 Å². The largest absolute Gasteiger partial charge is 0.496 e. The average Bonchev–Trinajstić information content (AvgIpc) is 2.69. The highest BCUT2D eigenvalue weighted by molar-refractivity contribution is 6.62. The molecule has 5 heteroatoms. The van der Waals surface area contributed by atoms with Gasteiger partial charge in [0.2, 0.25) is 0 Å². The van der Waals surface area contributed by atoms with E-state index >= 15 is 0 Å². The molecule has 4 nitrogen and oxygen atoms in total. The van der Waals surface area contributed by atoms with Crippen LogP contribution in [-0.4, -0.2) is 28.3 Å². The smallest absolute Gasteiger partial charge is 0.399 e. The van der Waals surface area contributed by atoms with Crippen LogP contribution in [0.5, 0.6) is 0 Å². The lowest BCUT2D eigenvalue weighted by atomic mass is 9.80. The minimum atomic E-state index is -0.367. The molecule has 108 valence electrons. The lowest BCUT2D eigenvalue weighted by Crippen LogP contribution is -2.41. The predicted molar refractivity (Wildman–Crippen MR) is 83.2 cm³/mol. The van der Waals surface area contributed by atoms with Crippen LogP contribution >= 0.6 is 0 Å². The first-order valence-corrected chi connectivity index (χ1v) is 7.11. The highest BCUT2D eigenvalue weighted by Gasteiger charge is 2.51. The number of nitrogens with zero attached hydrogens (tertiary/aromatic N) is 2. The van der Waals surface area contributed by atoms with Crippen LogP contribution in [0.4, 0.5) is 0 Å². The fourth-order valence-corrected chi connectivity index (χ4v) is 2.22. The van der Waals surface area contributed by atoms with E-state index in [1.165, 1.54) is 0 Å². The molecule has 21 heavy (non-hydrogen) atoms. The van der Waals surface area contributed by atoms with Gasteiger partial charge in [0.1, 0.15) is 0 Å². The molecule has 0 bridgehead atoms. The van der Waals surface area contributed by atoms with Gasteiger partial charge < -0.3 is 9.31 Å². The van der Waals surface area contributed by atoms with Crippen molar-refractivity contribution in [1.29, 1.82) is 0 Å². The van der Waals surface area contributed by atoms with Crippen molar-refractivity contribution in [3.8, 4) is 11.3 Å². The third kappa shape index (κ3) is 2.59. The Morgan fingerprint density at radius 2 is 1.52 bits per heavy atom. The van der Waals surface area contributed by atoms with E-state index in [0.29, 0.717) is 0 Å².